The van der Waals surface area contributed by atoms with Gasteiger partial charge in [-0.15, -0.1) is 0 Å². The molecular formula is C15H16Cl2N2O3S. The molecule has 5 nitrogen and oxygen atoms in total. The molecule has 1 fully saturated rings. The number of rotatable bonds is 5. The standard InChI is InChI=1S/C15H16Cl2N2O3S/c1-10-4-6-11(7-5-10)23-13(14(16)17)12(19(21)22)15(20)18-8-2-3-9-18/h4-7,14H,2-3,8-9H2,1H3. The van der Waals surface area contributed by atoms with Crippen molar-refractivity contribution in [2.24, 2.45) is 0 Å². The van der Waals surface area contributed by atoms with Gasteiger partial charge in [-0.2, -0.15) is 0 Å². The molecule has 1 saturated heterocycles. The van der Waals surface area contributed by atoms with Crippen molar-refractivity contribution in [3.05, 3.63) is 50.5 Å². The average molecular weight is 375 g/mol. The Morgan fingerprint density at radius 2 is 1.83 bits per heavy atom. The molecule has 0 aromatic heterocycles. The number of halogens is 2. The van der Waals surface area contributed by atoms with Gasteiger partial charge >= 0.3 is 11.6 Å². The Balaban J connectivity index is 2.38. The predicted octanol–water partition coefficient (Wildman–Crippen LogP) is 4.00. The van der Waals surface area contributed by atoms with Gasteiger partial charge in [0.2, 0.25) is 0 Å². The van der Waals surface area contributed by atoms with Gasteiger partial charge in [0, 0.05) is 18.0 Å². The first-order chi connectivity index (χ1) is 10.9. The van der Waals surface area contributed by atoms with E-state index in [4.69, 9.17) is 23.2 Å². The zero-order valence-electron chi connectivity index (χ0n) is 12.5. The van der Waals surface area contributed by atoms with E-state index in [1.54, 1.807) is 0 Å². The van der Waals surface area contributed by atoms with Gasteiger partial charge in [-0.1, -0.05) is 52.7 Å². The number of nitro groups is 1. The number of alkyl halides is 2. The second-order valence-corrected chi connectivity index (χ2v) is 7.40. The molecule has 23 heavy (non-hydrogen) atoms. The van der Waals surface area contributed by atoms with Crippen LogP contribution in [0, 0.1) is 17.0 Å². The number of carbonyl (C=O) groups is 1. The summed E-state index contributed by atoms with van der Waals surface area (Å²) in [5.74, 6) is -0.617. The van der Waals surface area contributed by atoms with E-state index in [2.05, 4.69) is 0 Å². The van der Waals surface area contributed by atoms with Gasteiger partial charge in [0.05, 0.1) is 4.92 Å². The van der Waals surface area contributed by atoms with E-state index in [-0.39, 0.29) is 4.91 Å². The summed E-state index contributed by atoms with van der Waals surface area (Å²) in [6, 6.07) is 7.39. The highest BCUT2D eigenvalue weighted by molar-refractivity contribution is 8.03. The maximum Gasteiger partial charge on any atom is 0.346 e. The Hall–Kier alpha value is -1.24. The van der Waals surface area contributed by atoms with Crippen LogP contribution in [0.3, 0.4) is 0 Å². The lowest BCUT2D eigenvalue weighted by molar-refractivity contribution is -0.420. The lowest BCUT2D eigenvalue weighted by Crippen LogP contribution is -2.32. The van der Waals surface area contributed by atoms with Crippen molar-refractivity contribution in [1.82, 2.24) is 4.90 Å². The number of benzene rings is 1. The van der Waals surface area contributed by atoms with Crippen LogP contribution in [-0.4, -0.2) is 33.7 Å². The van der Waals surface area contributed by atoms with Crippen LogP contribution in [0.4, 0.5) is 0 Å². The van der Waals surface area contributed by atoms with Crippen molar-refractivity contribution >= 4 is 40.9 Å². The number of allylic oxidation sites excluding steroid dienone is 1. The van der Waals surface area contributed by atoms with Gasteiger partial charge in [-0.3, -0.25) is 14.9 Å². The molecule has 2 rings (SSSR count). The minimum Gasteiger partial charge on any atom is -0.333 e. The summed E-state index contributed by atoms with van der Waals surface area (Å²) in [5.41, 5.74) is 0.531. The van der Waals surface area contributed by atoms with Gasteiger partial charge in [0.25, 0.3) is 0 Å². The highest BCUT2D eigenvalue weighted by Gasteiger charge is 2.35. The Labute approximate surface area is 148 Å². The molecule has 0 spiro atoms. The van der Waals surface area contributed by atoms with Crippen molar-refractivity contribution in [3.63, 3.8) is 0 Å². The molecule has 1 aromatic carbocycles. The first-order valence-electron chi connectivity index (χ1n) is 7.10. The van der Waals surface area contributed by atoms with Crippen molar-refractivity contribution in [3.8, 4) is 0 Å². The van der Waals surface area contributed by atoms with Crippen LogP contribution < -0.4 is 0 Å². The first-order valence-corrected chi connectivity index (χ1v) is 8.79. The van der Waals surface area contributed by atoms with E-state index < -0.39 is 21.4 Å². The summed E-state index contributed by atoms with van der Waals surface area (Å²) in [6.45, 7) is 2.98. The highest BCUT2D eigenvalue weighted by Crippen LogP contribution is 2.36. The molecule has 0 saturated carbocycles. The SMILES string of the molecule is Cc1ccc(SC(=C(C(=O)N2CCCC2)[N+](=O)[O-])C(Cl)Cl)cc1. The van der Waals surface area contributed by atoms with Gasteiger partial charge in [0.15, 0.2) is 0 Å². The Bertz CT molecular complexity index is 626. The molecule has 0 bridgehead atoms. The summed E-state index contributed by atoms with van der Waals surface area (Å²) < 4.78 is 0. The van der Waals surface area contributed by atoms with E-state index in [1.807, 2.05) is 31.2 Å². The third-order valence-corrected chi connectivity index (χ3v) is 5.31. The molecule has 0 unspecified atom stereocenters. The lowest BCUT2D eigenvalue weighted by Gasteiger charge is -2.15. The lowest BCUT2D eigenvalue weighted by atomic mass is 10.2. The van der Waals surface area contributed by atoms with Crippen LogP contribution in [-0.2, 0) is 4.79 Å². The van der Waals surface area contributed by atoms with E-state index in [1.165, 1.54) is 4.90 Å². The Morgan fingerprint density at radius 1 is 1.26 bits per heavy atom. The van der Waals surface area contributed by atoms with E-state index in [9.17, 15) is 14.9 Å². The molecule has 1 aromatic rings. The van der Waals surface area contributed by atoms with Gasteiger partial charge in [0.1, 0.15) is 9.74 Å². The van der Waals surface area contributed by atoms with Gasteiger partial charge in [-0.25, -0.2) is 0 Å². The van der Waals surface area contributed by atoms with Crippen molar-refractivity contribution in [2.45, 2.75) is 29.5 Å². The summed E-state index contributed by atoms with van der Waals surface area (Å²) in [6.07, 6.45) is 1.70. The van der Waals surface area contributed by atoms with Crippen LogP contribution in [0.25, 0.3) is 0 Å². The summed E-state index contributed by atoms with van der Waals surface area (Å²) in [7, 11) is 0. The maximum atomic E-state index is 12.5. The summed E-state index contributed by atoms with van der Waals surface area (Å²) in [4.78, 5) is 24.4. The van der Waals surface area contributed by atoms with E-state index in [0.29, 0.717) is 13.1 Å². The zero-order valence-corrected chi connectivity index (χ0v) is 14.8. The number of hydrogen-bond acceptors (Lipinski definition) is 4. The van der Waals surface area contributed by atoms with Crippen LogP contribution >= 0.6 is 35.0 Å². The molecule has 0 N–H and O–H groups in total. The summed E-state index contributed by atoms with van der Waals surface area (Å²) >= 11 is 12.9. The molecule has 1 aliphatic heterocycles. The summed E-state index contributed by atoms with van der Waals surface area (Å²) in [5, 5.41) is 11.5. The van der Waals surface area contributed by atoms with Crippen LogP contribution in [0.1, 0.15) is 18.4 Å². The quantitative estimate of drug-likeness (QED) is 0.257. The number of amides is 1. The minimum absolute atomic E-state index is 0.0547. The number of nitrogens with zero attached hydrogens (tertiary/aromatic N) is 2. The van der Waals surface area contributed by atoms with E-state index in [0.717, 1.165) is 35.1 Å². The monoisotopic (exact) mass is 374 g/mol. The molecule has 1 heterocycles. The van der Waals surface area contributed by atoms with Crippen LogP contribution in [0.2, 0.25) is 0 Å². The molecule has 1 aliphatic rings. The number of likely N-dealkylation sites (tertiary alicyclic amines) is 1. The second kappa shape index (κ2) is 8.04. The molecule has 0 aliphatic carbocycles. The number of thioether (sulfide) groups is 1. The predicted molar refractivity (Wildman–Crippen MR) is 92.4 cm³/mol. The minimum atomic E-state index is -1.15. The molecule has 124 valence electrons. The fourth-order valence-corrected chi connectivity index (χ4v) is 3.62. The first kappa shape index (κ1) is 18.1. The number of carbonyl (C=O) groups excluding carboxylic acids is 1. The zero-order chi connectivity index (χ0) is 17.0. The molecule has 0 atom stereocenters. The number of hydrogen-bond donors (Lipinski definition) is 0. The fraction of sp³-hybridized carbons (Fsp3) is 0.400. The third kappa shape index (κ3) is 4.62. The van der Waals surface area contributed by atoms with Crippen LogP contribution in [0.15, 0.2) is 39.8 Å². The largest absolute Gasteiger partial charge is 0.346 e. The normalized spacial score (nSPS) is 15.7. The Kier molecular flexibility index (Phi) is 6.33. The third-order valence-electron chi connectivity index (χ3n) is 3.46. The fourth-order valence-electron chi connectivity index (χ4n) is 2.27. The van der Waals surface area contributed by atoms with Crippen molar-refractivity contribution in [1.29, 1.82) is 0 Å². The topological polar surface area (TPSA) is 63.5 Å². The average Bonchev–Trinajstić information content (AvgIpc) is 3.02. The number of aryl methyl sites for hydroxylation is 1. The van der Waals surface area contributed by atoms with Gasteiger partial charge in [-0.05, 0) is 31.9 Å². The van der Waals surface area contributed by atoms with E-state index >= 15 is 0 Å². The van der Waals surface area contributed by atoms with Crippen LogP contribution in [0.5, 0.6) is 0 Å². The molecular weight excluding hydrogens is 359 g/mol. The highest BCUT2D eigenvalue weighted by atomic mass is 35.5. The molecule has 0 radical (unpaired) electrons. The maximum absolute atomic E-state index is 12.5. The molecule has 8 heteroatoms. The molecule has 1 amide bonds. The van der Waals surface area contributed by atoms with Crippen molar-refractivity contribution < 1.29 is 9.72 Å². The smallest absolute Gasteiger partial charge is 0.333 e. The van der Waals surface area contributed by atoms with Gasteiger partial charge < -0.3 is 4.90 Å². The van der Waals surface area contributed by atoms with Crippen molar-refractivity contribution in [2.75, 3.05) is 13.1 Å². The Morgan fingerprint density at radius 3 is 2.30 bits per heavy atom. The second-order valence-electron chi connectivity index (χ2n) is 5.19.